The summed E-state index contributed by atoms with van der Waals surface area (Å²) in [7, 11) is 0. The summed E-state index contributed by atoms with van der Waals surface area (Å²) in [6.45, 7) is 3.56. The van der Waals surface area contributed by atoms with E-state index in [0.717, 1.165) is 32.2 Å². The molecule has 6 heteroatoms. The first kappa shape index (κ1) is 17.0. The molecule has 0 aromatic carbocycles. The second kappa shape index (κ2) is 7.38. The van der Waals surface area contributed by atoms with E-state index in [1.54, 1.807) is 12.1 Å². The minimum Gasteiger partial charge on any atom is -0.466 e. The molecule has 1 aromatic heterocycles. The Hall–Kier alpha value is -1.82. The number of carbonyl (C=O) groups is 2. The molecular formula is C18H25NO5. The molecule has 2 atom stereocenters. The van der Waals surface area contributed by atoms with Gasteiger partial charge in [-0.15, -0.1) is 0 Å². The average Bonchev–Trinajstić information content (AvgIpc) is 3.23. The van der Waals surface area contributed by atoms with Gasteiger partial charge in [-0.3, -0.25) is 9.59 Å². The van der Waals surface area contributed by atoms with Crippen LogP contribution < -0.4 is 0 Å². The molecule has 132 valence electrons. The number of carbonyl (C=O) groups excluding carboxylic acids is 2. The van der Waals surface area contributed by atoms with Gasteiger partial charge in [0.25, 0.3) is 5.91 Å². The van der Waals surface area contributed by atoms with Crippen LogP contribution in [0.2, 0.25) is 0 Å². The maximum Gasteiger partial charge on any atom is 0.305 e. The second-order valence-corrected chi connectivity index (χ2v) is 6.61. The molecule has 1 spiro atoms. The van der Waals surface area contributed by atoms with Crippen LogP contribution in [0.15, 0.2) is 22.8 Å². The van der Waals surface area contributed by atoms with E-state index in [1.165, 1.54) is 6.26 Å². The molecular weight excluding hydrogens is 310 g/mol. The maximum absolute atomic E-state index is 12.5. The van der Waals surface area contributed by atoms with Crippen LogP contribution in [0.3, 0.4) is 0 Å². The summed E-state index contributed by atoms with van der Waals surface area (Å²) in [4.78, 5) is 25.8. The molecule has 2 saturated heterocycles. The molecule has 2 aliphatic heterocycles. The van der Waals surface area contributed by atoms with E-state index in [1.807, 2.05) is 11.8 Å². The molecule has 0 saturated carbocycles. The summed E-state index contributed by atoms with van der Waals surface area (Å²) < 4.78 is 16.5. The van der Waals surface area contributed by atoms with Gasteiger partial charge in [-0.2, -0.15) is 0 Å². The number of rotatable bonds is 5. The molecule has 0 bridgehead atoms. The standard InChI is InChI=1S/C18H25NO5/c1-2-22-16(20)7-6-14-8-10-18(24-14)9-4-11-19(13-18)17(21)15-5-3-12-23-15/h3,5,12,14H,2,4,6-11,13H2,1H3/t14-,18+/m1/s1. The molecule has 0 unspecified atom stereocenters. The lowest BCUT2D eigenvalue weighted by molar-refractivity contribution is -0.144. The topological polar surface area (TPSA) is 69.0 Å². The van der Waals surface area contributed by atoms with Gasteiger partial charge < -0.3 is 18.8 Å². The maximum atomic E-state index is 12.5. The molecule has 24 heavy (non-hydrogen) atoms. The number of ether oxygens (including phenoxy) is 2. The number of nitrogens with zero attached hydrogens (tertiary/aromatic N) is 1. The summed E-state index contributed by atoms with van der Waals surface area (Å²) in [6.07, 6.45) is 6.43. The number of likely N-dealkylation sites (tertiary alicyclic amines) is 1. The van der Waals surface area contributed by atoms with Crippen LogP contribution in [-0.2, 0) is 14.3 Å². The highest BCUT2D eigenvalue weighted by atomic mass is 16.5. The van der Waals surface area contributed by atoms with Crippen molar-refractivity contribution in [3.8, 4) is 0 Å². The smallest absolute Gasteiger partial charge is 0.305 e. The van der Waals surface area contributed by atoms with Crippen molar-refractivity contribution < 1.29 is 23.5 Å². The highest BCUT2D eigenvalue weighted by molar-refractivity contribution is 5.91. The molecule has 3 rings (SSSR count). The minimum atomic E-state index is -0.264. The van der Waals surface area contributed by atoms with Crippen LogP contribution >= 0.6 is 0 Å². The van der Waals surface area contributed by atoms with Gasteiger partial charge in [0.15, 0.2) is 5.76 Å². The molecule has 0 N–H and O–H groups in total. The third kappa shape index (κ3) is 3.80. The highest BCUT2D eigenvalue weighted by Crippen LogP contribution is 2.39. The SMILES string of the molecule is CCOC(=O)CC[C@@H]1CC[C@]2(CCCN(C(=O)c3ccco3)C2)O1. The Morgan fingerprint density at radius 1 is 1.42 bits per heavy atom. The zero-order valence-electron chi connectivity index (χ0n) is 14.2. The van der Waals surface area contributed by atoms with Crippen molar-refractivity contribution in [1.29, 1.82) is 0 Å². The Bertz CT molecular complexity index is 570. The fraction of sp³-hybridized carbons (Fsp3) is 0.667. The summed E-state index contributed by atoms with van der Waals surface area (Å²) >= 11 is 0. The van der Waals surface area contributed by atoms with Crippen molar-refractivity contribution in [2.24, 2.45) is 0 Å². The van der Waals surface area contributed by atoms with E-state index < -0.39 is 0 Å². The van der Waals surface area contributed by atoms with Gasteiger partial charge in [0, 0.05) is 13.0 Å². The van der Waals surface area contributed by atoms with Crippen LogP contribution in [0.4, 0.5) is 0 Å². The Morgan fingerprint density at radius 3 is 3.04 bits per heavy atom. The van der Waals surface area contributed by atoms with Crippen molar-refractivity contribution in [2.45, 2.75) is 57.2 Å². The van der Waals surface area contributed by atoms with Crippen molar-refractivity contribution >= 4 is 11.9 Å². The van der Waals surface area contributed by atoms with Crippen molar-refractivity contribution in [3.63, 3.8) is 0 Å². The van der Waals surface area contributed by atoms with Gasteiger partial charge in [-0.05, 0) is 51.2 Å². The lowest BCUT2D eigenvalue weighted by Gasteiger charge is -2.40. The summed E-state index contributed by atoms with van der Waals surface area (Å²) in [5.41, 5.74) is -0.264. The van der Waals surface area contributed by atoms with Gasteiger partial charge >= 0.3 is 5.97 Å². The number of piperidine rings is 1. The zero-order valence-corrected chi connectivity index (χ0v) is 14.2. The van der Waals surface area contributed by atoms with Gasteiger partial charge in [-0.25, -0.2) is 0 Å². The van der Waals surface area contributed by atoms with E-state index in [0.29, 0.717) is 31.8 Å². The van der Waals surface area contributed by atoms with E-state index >= 15 is 0 Å². The third-order valence-electron chi connectivity index (χ3n) is 4.87. The predicted molar refractivity (Wildman–Crippen MR) is 86.6 cm³/mol. The van der Waals surface area contributed by atoms with Crippen LogP contribution in [0, 0.1) is 0 Å². The van der Waals surface area contributed by atoms with Crippen LogP contribution in [0.1, 0.15) is 56.0 Å². The lowest BCUT2D eigenvalue weighted by Crippen LogP contribution is -2.50. The lowest BCUT2D eigenvalue weighted by atomic mass is 9.89. The molecule has 1 aromatic rings. The van der Waals surface area contributed by atoms with Gasteiger partial charge in [-0.1, -0.05) is 0 Å². The zero-order chi connectivity index (χ0) is 17.0. The summed E-state index contributed by atoms with van der Waals surface area (Å²) in [6, 6.07) is 3.42. The molecule has 0 radical (unpaired) electrons. The number of furan rings is 1. The van der Waals surface area contributed by atoms with Crippen molar-refractivity contribution in [3.05, 3.63) is 24.2 Å². The fourth-order valence-corrected chi connectivity index (χ4v) is 3.74. The Labute approximate surface area is 142 Å². The van der Waals surface area contributed by atoms with E-state index in [-0.39, 0.29) is 23.6 Å². The fourth-order valence-electron chi connectivity index (χ4n) is 3.74. The van der Waals surface area contributed by atoms with Gasteiger partial charge in [0.05, 0.1) is 31.1 Å². The second-order valence-electron chi connectivity index (χ2n) is 6.61. The highest BCUT2D eigenvalue weighted by Gasteiger charge is 2.44. The number of hydrogen-bond donors (Lipinski definition) is 0. The molecule has 3 heterocycles. The van der Waals surface area contributed by atoms with E-state index in [2.05, 4.69) is 0 Å². The van der Waals surface area contributed by atoms with Crippen LogP contribution in [0.25, 0.3) is 0 Å². The number of hydrogen-bond acceptors (Lipinski definition) is 5. The Morgan fingerprint density at radius 2 is 2.29 bits per heavy atom. The first-order chi connectivity index (χ1) is 11.6. The van der Waals surface area contributed by atoms with E-state index in [9.17, 15) is 9.59 Å². The van der Waals surface area contributed by atoms with Crippen molar-refractivity contribution in [2.75, 3.05) is 19.7 Å². The van der Waals surface area contributed by atoms with Crippen LogP contribution in [0.5, 0.6) is 0 Å². The first-order valence-corrected chi connectivity index (χ1v) is 8.78. The largest absolute Gasteiger partial charge is 0.466 e. The molecule has 6 nitrogen and oxygen atoms in total. The van der Waals surface area contributed by atoms with Crippen molar-refractivity contribution in [1.82, 2.24) is 4.90 Å². The van der Waals surface area contributed by atoms with Gasteiger partial charge in [0.1, 0.15) is 0 Å². The molecule has 0 aliphatic carbocycles. The first-order valence-electron chi connectivity index (χ1n) is 8.78. The summed E-state index contributed by atoms with van der Waals surface area (Å²) in [5.74, 6) is 0.141. The number of amides is 1. The normalized spacial score (nSPS) is 26.7. The van der Waals surface area contributed by atoms with Gasteiger partial charge in [0.2, 0.25) is 0 Å². The Kier molecular flexibility index (Phi) is 5.23. The quantitative estimate of drug-likeness (QED) is 0.774. The minimum absolute atomic E-state index is 0.0716. The van der Waals surface area contributed by atoms with E-state index in [4.69, 9.17) is 13.9 Å². The third-order valence-corrected chi connectivity index (χ3v) is 4.87. The molecule has 2 aliphatic rings. The summed E-state index contributed by atoms with van der Waals surface area (Å²) in [5, 5.41) is 0. The monoisotopic (exact) mass is 335 g/mol. The Balaban J connectivity index is 1.54. The molecule has 1 amide bonds. The predicted octanol–water partition coefficient (Wildman–Crippen LogP) is 2.78. The average molecular weight is 335 g/mol. The molecule has 2 fully saturated rings. The number of esters is 1. The van der Waals surface area contributed by atoms with Crippen LogP contribution in [-0.4, -0.2) is 48.2 Å².